The summed E-state index contributed by atoms with van der Waals surface area (Å²) < 4.78 is 1.70. The standard InChI is InChI=1S/C23H26N4O/c1-17(2)20-8-5-19(6-9-20)7-14-23(28)26(4)18(3)21-10-12-22(13-11-21)27-16-24-15-25-27/h5-18H,1-4H3/b14-7+/t18-/m0/s1. The number of aromatic nitrogens is 3. The second-order valence-corrected chi connectivity index (χ2v) is 7.21. The molecule has 0 unspecified atom stereocenters. The fraction of sp³-hybridized carbons (Fsp3) is 0.261. The van der Waals surface area contributed by atoms with Crippen molar-refractivity contribution in [1.29, 1.82) is 0 Å². The van der Waals surface area contributed by atoms with Crippen molar-refractivity contribution >= 4 is 12.0 Å². The SMILES string of the molecule is CC(C)c1ccc(/C=C/C(=O)N(C)[C@@H](C)c2ccc(-n3cncn3)cc2)cc1. The van der Waals surface area contributed by atoms with Gasteiger partial charge >= 0.3 is 0 Å². The molecule has 144 valence electrons. The number of carbonyl (C=O) groups is 1. The number of amides is 1. The van der Waals surface area contributed by atoms with Crippen molar-refractivity contribution in [2.24, 2.45) is 0 Å². The van der Waals surface area contributed by atoms with E-state index in [-0.39, 0.29) is 11.9 Å². The third-order valence-electron chi connectivity index (χ3n) is 5.01. The first-order valence-electron chi connectivity index (χ1n) is 9.45. The first-order chi connectivity index (χ1) is 13.5. The lowest BCUT2D eigenvalue weighted by Crippen LogP contribution is -2.27. The Bertz CT molecular complexity index is 926. The molecule has 0 aliphatic heterocycles. The minimum Gasteiger partial charge on any atom is -0.335 e. The van der Waals surface area contributed by atoms with Crippen molar-refractivity contribution in [3.63, 3.8) is 0 Å². The van der Waals surface area contributed by atoms with E-state index in [1.54, 1.807) is 22.0 Å². The summed E-state index contributed by atoms with van der Waals surface area (Å²) in [6.45, 7) is 6.36. The quantitative estimate of drug-likeness (QED) is 0.592. The maximum atomic E-state index is 12.6. The summed E-state index contributed by atoms with van der Waals surface area (Å²) in [5.74, 6) is 0.475. The maximum absolute atomic E-state index is 12.6. The van der Waals surface area contributed by atoms with Crippen LogP contribution in [0.25, 0.3) is 11.8 Å². The van der Waals surface area contributed by atoms with E-state index in [0.29, 0.717) is 5.92 Å². The van der Waals surface area contributed by atoms with Gasteiger partial charge in [-0.1, -0.05) is 50.2 Å². The molecule has 1 amide bonds. The Balaban J connectivity index is 1.65. The summed E-state index contributed by atoms with van der Waals surface area (Å²) >= 11 is 0. The molecule has 0 saturated heterocycles. The molecule has 5 heteroatoms. The molecule has 3 aromatic rings. The number of carbonyl (C=O) groups excluding carboxylic acids is 1. The number of likely N-dealkylation sites (N-methyl/N-ethyl adjacent to an activating group) is 1. The van der Waals surface area contributed by atoms with E-state index in [9.17, 15) is 4.79 Å². The predicted octanol–water partition coefficient (Wildman–Crippen LogP) is 4.62. The van der Waals surface area contributed by atoms with Crippen molar-refractivity contribution < 1.29 is 4.79 Å². The van der Waals surface area contributed by atoms with E-state index >= 15 is 0 Å². The van der Waals surface area contributed by atoms with E-state index in [4.69, 9.17) is 0 Å². The Hall–Kier alpha value is -3.21. The Labute approximate surface area is 166 Å². The molecular formula is C23H26N4O. The van der Waals surface area contributed by atoms with Crippen LogP contribution < -0.4 is 0 Å². The van der Waals surface area contributed by atoms with Gasteiger partial charge in [0, 0.05) is 13.1 Å². The first-order valence-corrected chi connectivity index (χ1v) is 9.45. The van der Waals surface area contributed by atoms with Gasteiger partial charge in [0.05, 0.1) is 11.7 Å². The van der Waals surface area contributed by atoms with Crippen LogP contribution in [-0.2, 0) is 4.79 Å². The van der Waals surface area contributed by atoms with Gasteiger partial charge < -0.3 is 4.90 Å². The van der Waals surface area contributed by atoms with Crippen LogP contribution in [0.3, 0.4) is 0 Å². The first kappa shape index (κ1) is 19.5. The van der Waals surface area contributed by atoms with Gasteiger partial charge in [0.1, 0.15) is 12.7 Å². The smallest absolute Gasteiger partial charge is 0.246 e. The number of benzene rings is 2. The maximum Gasteiger partial charge on any atom is 0.246 e. The Morgan fingerprint density at radius 1 is 1.00 bits per heavy atom. The molecule has 28 heavy (non-hydrogen) atoms. The van der Waals surface area contributed by atoms with Crippen LogP contribution in [0.2, 0.25) is 0 Å². The molecule has 0 bridgehead atoms. The summed E-state index contributed by atoms with van der Waals surface area (Å²) in [4.78, 5) is 18.3. The number of hydrogen-bond donors (Lipinski definition) is 0. The van der Waals surface area contributed by atoms with Gasteiger partial charge in [0.2, 0.25) is 5.91 Å². The van der Waals surface area contributed by atoms with Crippen LogP contribution in [0, 0.1) is 0 Å². The number of hydrogen-bond acceptors (Lipinski definition) is 3. The molecule has 0 N–H and O–H groups in total. The highest BCUT2D eigenvalue weighted by molar-refractivity contribution is 5.91. The third-order valence-corrected chi connectivity index (χ3v) is 5.01. The average molecular weight is 374 g/mol. The molecule has 0 fully saturated rings. The van der Waals surface area contributed by atoms with E-state index in [0.717, 1.165) is 16.8 Å². The van der Waals surface area contributed by atoms with Gasteiger partial charge in [0.25, 0.3) is 0 Å². The van der Waals surface area contributed by atoms with Crippen LogP contribution in [-0.4, -0.2) is 32.6 Å². The van der Waals surface area contributed by atoms with E-state index in [2.05, 4.69) is 36.1 Å². The highest BCUT2D eigenvalue weighted by atomic mass is 16.2. The molecule has 3 rings (SSSR count). The summed E-state index contributed by atoms with van der Waals surface area (Å²) in [6.07, 6.45) is 6.66. The van der Waals surface area contributed by atoms with Gasteiger partial charge in [-0.25, -0.2) is 9.67 Å². The van der Waals surface area contributed by atoms with Crippen LogP contribution in [0.15, 0.2) is 67.3 Å². The van der Waals surface area contributed by atoms with E-state index < -0.39 is 0 Å². The van der Waals surface area contributed by atoms with E-state index in [1.807, 2.05) is 56.4 Å². The normalized spacial score (nSPS) is 12.5. The van der Waals surface area contributed by atoms with Gasteiger partial charge in [-0.05, 0) is 47.7 Å². The predicted molar refractivity (Wildman–Crippen MR) is 112 cm³/mol. The lowest BCUT2D eigenvalue weighted by Gasteiger charge is -2.24. The summed E-state index contributed by atoms with van der Waals surface area (Å²) in [6, 6.07) is 16.3. The molecule has 0 spiro atoms. The molecular weight excluding hydrogens is 348 g/mol. The number of nitrogens with zero attached hydrogens (tertiary/aromatic N) is 4. The largest absolute Gasteiger partial charge is 0.335 e. The second-order valence-electron chi connectivity index (χ2n) is 7.21. The molecule has 0 radical (unpaired) electrons. The zero-order chi connectivity index (χ0) is 20.1. The van der Waals surface area contributed by atoms with Crippen molar-refractivity contribution in [1.82, 2.24) is 19.7 Å². The second kappa shape index (κ2) is 8.65. The van der Waals surface area contributed by atoms with Gasteiger partial charge in [-0.3, -0.25) is 4.79 Å². The fourth-order valence-corrected chi connectivity index (χ4v) is 2.94. The molecule has 2 aromatic carbocycles. The van der Waals surface area contributed by atoms with Crippen LogP contribution in [0.5, 0.6) is 0 Å². The fourth-order valence-electron chi connectivity index (χ4n) is 2.94. The zero-order valence-corrected chi connectivity index (χ0v) is 16.8. The average Bonchev–Trinajstić information content (AvgIpc) is 3.26. The lowest BCUT2D eigenvalue weighted by atomic mass is 10.0. The van der Waals surface area contributed by atoms with Crippen molar-refractivity contribution in [2.75, 3.05) is 7.05 Å². The summed E-state index contributed by atoms with van der Waals surface area (Å²) in [7, 11) is 1.82. The minimum atomic E-state index is -0.0368. The van der Waals surface area contributed by atoms with Crippen molar-refractivity contribution in [3.05, 3.63) is 84.0 Å². The molecule has 1 heterocycles. The van der Waals surface area contributed by atoms with Crippen LogP contribution in [0.4, 0.5) is 0 Å². The Kier molecular flexibility index (Phi) is 6.04. The van der Waals surface area contributed by atoms with Crippen LogP contribution in [0.1, 0.15) is 49.4 Å². The molecule has 0 saturated carbocycles. The van der Waals surface area contributed by atoms with Gasteiger partial charge in [-0.2, -0.15) is 5.10 Å². The Morgan fingerprint density at radius 2 is 1.64 bits per heavy atom. The van der Waals surface area contributed by atoms with Crippen LogP contribution >= 0.6 is 0 Å². The summed E-state index contributed by atoms with van der Waals surface area (Å²) in [5.41, 5.74) is 4.32. The molecule has 1 aromatic heterocycles. The minimum absolute atomic E-state index is 0.0270. The topological polar surface area (TPSA) is 51.0 Å². The van der Waals surface area contributed by atoms with Gasteiger partial charge in [-0.15, -0.1) is 0 Å². The molecule has 0 aliphatic carbocycles. The highest BCUT2D eigenvalue weighted by Crippen LogP contribution is 2.21. The van der Waals surface area contributed by atoms with Gasteiger partial charge in [0.15, 0.2) is 0 Å². The number of rotatable bonds is 6. The Morgan fingerprint density at radius 3 is 2.21 bits per heavy atom. The summed E-state index contributed by atoms with van der Waals surface area (Å²) in [5, 5.41) is 4.12. The lowest BCUT2D eigenvalue weighted by molar-refractivity contribution is -0.126. The van der Waals surface area contributed by atoms with E-state index in [1.165, 1.54) is 11.9 Å². The molecule has 1 atom stereocenters. The van der Waals surface area contributed by atoms with Crippen molar-refractivity contribution in [2.45, 2.75) is 32.7 Å². The molecule has 5 nitrogen and oxygen atoms in total. The third kappa shape index (κ3) is 4.55. The monoisotopic (exact) mass is 374 g/mol. The van der Waals surface area contributed by atoms with Crippen molar-refractivity contribution in [3.8, 4) is 5.69 Å². The zero-order valence-electron chi connectivity index (χ0n) is 16.8. The molecule has 0 aliphatic rings. The highest BCUT2D eigenvalue weighted by Gasteiger charge is 2.15.